The van der Waals surface area contributed by atoms with E-state index in [0.29, 0.717) is 27.1 Å². The minimum atomic E-state index is -0.0755. The predicted octanol–water partition coefficient (Wildman–Crippen LogP) is 5.08. The van der Waals surface area contributed by atoms with E-state index in [1.54, 1.807) is 18.2 Å². The number of rotatable bonds is 6. The van der Waals surface area contributed by atoms with E-state index in [0.717, 1.165) is 19.3 Å². The standard InChI is InChI=1S/C16H21Cl2NO/c1-3-5-16(6-4-2)10-14(16)19-15(20)11-7-12(17)9-13(18)8-11/h7-9,14H,3-6,10H2,1-2H3,(H,19,20). The van der Waals surface area contributed by atoms with Gasteiger partial charge in [-0.25, -0.2) is 0 Å². The molecule has 2 rings (SSSR count). The summed E-state index contributed by atoms with van der Waals surface area (Å²) in [6.07, 6.45) is 5.78. The molecule has 1 aromatic rings. The molecule has 0 spiro atoms. The molecule has 110 valence electrons. The summed E-state index contributed by atoms with van der Waals surface area (Å²) in [5.41, 5.74) is 0.859. The quantitative estimate of drug-likeness (QED) is 0.779. The van der Waals surface area contributed by atoms with Crippen LogP contribution in [0.1, 0.15) is 56.3 Å². The van der Waals surface area contributed by atoms with Crippen LogP contribution in [0.15, 0.2) is 18.2 Å². The normalized spacial score (nSPS) is 19.7. The minimum absolute atomic E-state index is 0.0755. The Labute approximate surface area is 130 Å². The third kappa shape index (κ3) is 3.48. The molecule has 1 atom stereocenters. The number of hydrogen-bond donors (Lipinski definition) is 1. The first kappa shape index (κ1) is 15.7. The van der Waals surface area contributed by atoms with E-state index in [4.69, 9.17) is 23.2 Å². The summed E-state index contributed by atoms with van der Waals surface area (Å²) < 4.78 is 0. The van der Waals surface area contributed by atoms with Gasteiger partial charge in [0.1, 0.15) is 0 Å². The van der Waals surface area contributed by atoms with E-state index in [1.165, 1.54) is 12.8 Å². The molecule has 1 N–H and O–H groups in total. The molecule has 1 saturated carbocycles. The zero-order chi connectivity index (χ0) is 14.8. The van der Waals surface area contributed by atoms with Gasteiger partial charge in [0.25, 0.3) is 5.91 Å². The largest absolute Gasteiger partial charge is 0.349 e. The maximum atomic E-state index is 12.3. The number of amides is 1. The number of benzene rings is 1. The van der Waals surface area contributed by atoms with E-state index in [1.807, 2.05) is 0 Å². The molecule has 0 aliphatic heterocycles. The van der Waals surface area contributed by atoms with Crippen LogP contribution in [0.25, 0.3) is 0 Å². The third-order valence-electron chi connectivity index (χ3n) is 4.12. The van der Waals surface area contributed by atoms with E-state index < -0.39 is 0 Å². The Morgan fingerprint density at radius 3 is 2.25 bits per heavy atom. The number of halogens is 2. The molecular weight excluding hydrogens is 293 g/mol. The van der Waals surface area contributed by atoms with Crippen molar-refractivity contribution in [3.05, 3.63) is 33.8 Å². The van der Waals surface area contributed by atoms with Crippen molar-refractivity contribution in [3.8, 4) is 0 Å². The smallest absolute Gasteiger partial charge is 0.251 e. The second-order valence-electron chi connectivity index (χ2n) is 5.75. The average Bonchev–Trinajstić information content (AvgIpc) is 3.01. The number of carbonyl (C=O) groups is 1. The summed E-state index contributed by atoms with van der Waals surface area (Å²) >= 11 is 11.9. The van der Waals surface area contributed by atoms with Crippen LogP contribution in [0, 0.1) is 5.41 Å². The van der Waals surface area contributed by atoms with Crippen LogP contribution in [0.3, 0.4) is 0 Å². The number of carbonyl (C=O) groups excluding carboxylic acids is 1. The summed E-state index contributed by atoms with van der Waals surface area (Å²) in [6, 6.07) is 5.25. The molecule has 20 heavy (non-hydrogen) atoms. The summed E-state index contributed by atoms with van der Waals surface area (Å²) in [4.78, 5) is 12.3. The molecule has 1 aromatic carbocycles. The van der Waals surface area contributed by atoms with Gasteiger partial charge in [0.05, 0.1) is 0 Å². The van der Waals surface area contributed by atoms with Crippen LogP contribution < -0.4 is 5.32 Å². The fourth-order valence-electron chi connectivity index (χ4n) is 3.15. The number of hydrogen-bond acceptors (Lipinski definition) is 1. The first-order chi connectivity index (χ1) is 9.50. The lowest BCUT2D eigenvalue weighted by Gasteiger charge is -2.16. The zero-order valence-corrected chi connectivity index (χ0v) is 13.5. The highest BCUT2D eigenvalue weighted by Gasteiger charge is 2.52. The molecule has 1 aliphatic rings. The van der Waals surface area contributed by atoms with Crippen molar-refractivity contribution in [1.29, 1.82) is 0 Å². The maximum absolute atomic E-state index is 12.3. The van der Waals surface area contributed by atoms with Crippen LogP contribution in [-0.4, -0.2) is 11.9 Å². The molecule has 1 unspecified atom stereocenters. The lowest BCUT2D eigenvalue weighted by molar-refractivity contribution is 0.0943. The van der Waals surface area contributed by atoms with E-state index in [2.05, 4.69) is 19.2 Å². The molecule has 2 nitrogen and oxygen atoms in total. The summed E-state index contributed by atoms with van der Waals surface area (Å²) in [6.45, 7) is 4.40. The zero-order valence-electron chi connectivity index (χ0n) is 12.0. The van der Waals surface area contributed by atoms with Crippen molar-refractivity contribution in [3.63, 3.8) is 0 Å². The highest BCUT2D eigenvalue weighted by molar-refractivity contribution is 6.35. The van der Waals surface area contributed by atoms with Gasteiger partial charge in [-0.05, 0) is 42.9 Å². The van der Waals surface area contributed by atoms with Gasteiger partial charge in [-0.2, -0.15) is 0 Å². The highest BCUT2D eigenvalue weighted by atomic mass is 35.5. The first-order valence-electron chi connectivity index (χ1n) is 7.27. The van der Waals surface area contributed by atoms with E-state index in [9.17, 15) is 4.79 Å². The van der Waals surface area contributed by atoms with Crippen LogP contribution in [0.4, 0.5) is 0 Å². The SMILES string of the molecule is CCCC1(CCC)CC1NC(=O)c1cc(Cl)cc(Cl)c1. The van der Waals surface area contributed by atoms with Crippen LogP contribution in [-0.2, 0) is 0 Å². The molecule has 0 aromatic heterocycles. The Balaban J connectivity index is 2.02. The van der Waals surface area contributed by atoms with Crippen molar-refractivity contribution in [2.75, 3.05) is 0 Å². The average molecular weight is 314 g/mol. The van der Waals surface area contributed by atoms with E-state index >= 15 is 0 Å². The summed E-state index contributed by atoms with van der Waals surface area (Å²) in [7, 11) is 0. The topological polar surface area (TPSA) is 29.1 Å². The van der Waals surface area contributed by atoms with Gasteiger partial charge >= 0.3 is 0 Å². The summed E-state index contributed by atoms with van der Waals surface area (Å²) in [5.74, 6) is -0.0755. The Morgan fingerprint density at radius 1 is 1.20 bits per heavy atom. The van der Waals surface area contributed by atoms with Gasteiger partial charge in [-0.3, -0.25) is 4.79 Å². The van der Waals surface area contributed by atoms with Crippen molar-refractivity contribution in [1.82, 2.24) is 5.32 Å². The summed E-state index contributed by atoms with van der Waals surface area (Å²) in [5, 5.41) is 4.11. The Morgan fingerprint density at radius 2 is 1.75 bits per heavy atom. The van der Waals surface area contributed by atoms with Crippen LogP contribution in [0.5, 0.6) is 0 Å². The molecule has 1 amide bonds. The second-order valence-corrected chi connectivity index (χ2v) is 6.62. The van der Waals surface area contributed by atoms with Gasteiger partial charge in [-0.15, -0.1) is 0 Å². The molecular formula is C16H21Cl2NO. The minimum Gasteiger partial charge on any atom is -0.349 e. The van der Waals surface area contributed by atoms with Gasteiger partial charge in [0.2, 0.25) is 0 Å². The second kappa shape index (κ2) is 6.36. The Kier molecular flexibility index (Phi) is 4.98. The van der Waals surface area contributed by atoms with Crippen molar-refractivity contribution in [2.45, 2.75) is 52.0 Å². The molecule has 0 saturated heterocycles. The fraction of sp³-hybridized carbons (Fsp3) is 0.562. The number of nitrogens with one attached hydrogen (secondary N) is 1. The highest BCUT2D eigenvalue weighted by Crippen LogP contribution is 2.53. The van der Waals surface area contributed by atoms with Gasteiger partial charge in [0, 0.05) is 21.7 Å². The lowest BCUT2D eigenvalue weighted by Crippen LogP contribution is -2.29. The first-order valence-corrected chi connectivity index (χ1v) is 8.03. The fourth-order valence-corrected chi connectivity index (χ4v) is 3.68. The maximum Gasteiger partial charge on any atom is 0.251 e. The van der Waals surface area contributed by atoms with Crippen molar-refractivity contribution >= 4 is 29.1 Å². The Bertz CT molecular complexity index is 475. The van der Waals surface area contributed by atoms with Gasteiger partial charge < -0.3 is 5.32 Å². The molecule has 1 aliphatic carbocycles. The monoisotopic (exact) mass is 313 g/mol. The van der Waals surface area contributed by atoms with Crippen LogP contribution >= 0.6 is 23.2 Å². The third-order valence-corrected chi connectivity index (χ3v) is 4.55. The van der Waals surface area contributed by atoms with Crippen molar-refractivity contribution in [2.24, 2.45) is 5.41 Å². The molecule has 0 radical (unpaired) electrons. The molecule has 0 bridgehead atoms. The molecule has 1 fully saturated rings. The van der Waals surface area contributed by atoms with Gasteiger partial charge in [-0.1, -0.05) is 49.9 Å². The van der Waals surface area contributed by atoms with Crippen molar-refractivity contribution < 1.29 is 4.79 Å². The lowest BCUT2D eigenvalue weighted by atomic mass is 9.94. The predicted molar refractivity (Wildman–Crippen MR) is 84.6 cm³/mol. The Hall–Kier alpha value is -0.730. The van der Waals surface area contributed by atoms with Crippen LogP contribution in [0.2, 0.25) is 10.0 Å². The van der Waals surface area contributed by atoms with Gasteiger partial charge in [0.15, 0.2) is 0 Å². The molecule has 0 heterocycles. The van der Waals surface area contributed by atoms with E-state index in [-0.39, 0.29) is 5.91 Å². The molecule has 4 heteroatoms.